The fourth-order valence-electron chi connectivity index (χ4n) is 2.25. The van der Waals surface area contributed by atoms with Gasteiger partial charge in [-0.1, -0.05) is 12.2 Å². The second kappa shape index (κ2) is 2.84. The molecule has 0 amide bonds. The molecule has 15 heavy (non-hydrogen) atoms. The van der Waals surface area contributed by atoms with E-state index >= 15 is 0 Å². The lowest BCUT2D eigenvalue weighted by Gasteiger charge is -2.39. The molecule has 0 radical (unpaired) electrons. The number of fused-ring (bicyclic) bond motifs is 1. The van der Waals surface area contributed by atoms with Gasteiger partial charge >= 0.3 is 5.97 Å². The molecule has 0 aromatic heterocycles. The summed E-state index contributed by atoms with van der Waals surface area (Å²) in [5.74, 6) is -0.907. The summed E-state index contributed by atoms with van der Waals surface area (Å²) in [5, 5.41) is 8.97. The second-order valence-corrected chi connectivity index (χ2v) is 4.30. The zero-order valence-corrected chi connectivity index (χ0v) is 8.06. The van der Waals surface area contributed by atoms with Crippen molar-refractivity contribution in [3.05, 3.63) is 23.9 Å². The van der Waals surface area contributed by atoms with Crippen molar-refractivity contribution in [1.29, 1.82) is 0 Å². The molecule has 0 bridgehead atoms. The van der Waals surface area contributed by atoms with E-state index in [4.69, 9.17) is 9.84 Å². The molecule has 1 spiro atoms. The fraction of sp³-hybridized carbons (Fsp3) is 0.500. The highest BCUT2D eigenvalue weighted by molar-refractivity contribution is 5.75. The van der Waals surface area contributed by atoms with E-state index in [1.807, 2.05) is 6.08 Å². The quantitative estimate of drug-likeness (QED) is 0.513. The first-order chi connectivity index (χ1) is 7.20. The number of carboxylic acid groups (broad SMARTS) is 1. The van der Waals surface area contributed by atoms with Crippen molar-refractivity contribution in [3.63, 3.8) is 0 Å². The van der Waals surface area contributed by atoms with Crippen molar-refractivity contribution in [2.45, 2.75) is 6.04 Å². The average Bonchev–Trinajstić information content (AvgIpc) is 2.57. The molecule has 0 aromatic carbocycles. The Bertz CT molecular complexity index is 371. The van der Waals surface area contributed by atoms with Gasteiger partial charge < -0.3 is 15.3 Å². The number of carboxylic acids is 1. The monoisotopic (exact) mass is 208 g/mol. The highest BCUT2D eigenvalue weighted by atomic mass is 16.5. The Morgan fingerprint density at radius 1 is 1.60 bits per heavy atom. The number of nitrogens with one attached hydrogen (secondary N) is 2. The highest BCUT2D eigenvalue weighted by Crippen LogP contribution is 2.38. The van der Waals surface area contributed by atoms with Crippen LogP contribution in [0.1, 0.15) is 0 Å². The van der Waals surface area contributed by atoms with E-state index in [9.17, 15) is 4.79 Å². The number of aliphatic carboxylic acids is 1. The summed E-state index contributed by atoms with van der Waals surface area (Å²) in [7, 11) is 0. The minimum absolute atomic E-state index is 0.00784. The molecule has 80 valence electrons. The number of carbonyl (C=O) groups is 1. The number of ether oxygens (including phenoxy) is 1. The van der Waals surface area contributed by atoms with E-state index in [-0.39, 0.29) is 11.3 Å². The van der Waals surface area contributed by atoms with Gasteiger partial charge in [0, 0.05) is 11.6 Å². The molecule has 5 heteroatoms. The predicted molar refractivity (Wildman–Crippen MR) is 51.7 cm³/mol. The summed E-state index contributed by atoms with van der Waals surface area (Å²) in [6.07, 6.45) is 6.11. The van der Waals surface area contributed by atoms with E-state index < -0.39 is 12.0 Å². The van der Waals surface area contributed by atoms with E-state index in [2.05, 4.69) is 23.0 Å². The van der Waals surface area contributed by atoms with Crippen molar-refractivity contribution in [1.82, 2.24) is 10.9 Å². The first-order valence-corrected chi connectivity index (χ1v) is 4.94. The first-order valence-electron chi connectivity index (χ1n) is 4.94. The maximum Gasteiger partial charge on any atom is 0.323 e. The minimum Gasteiger partial charge on any atom is -0.480 e. The van der Waals surface area contributed by atoms with Crippen LogP contribution >= 0.6 is 0 Å². The van der Waals surface area contributed by atoms with Gasteiger partial charge in [-0.15, -0.1) is 0 Å². The van der Waals surface area contributed by atoms with Crippen molar-refractivity contribution in [2.75, 3.05) is 13.2 Å². The number of rotatable bonds is 1. The molecule has 2 fully saturated rings. The van der Waals surface area contributed by atoms with Gasteiger partial charge in [0.2, 0.25) is 0 Å². The second-order valence-electron chi connectivity index (χ2n) is 4.30. The number of hydrogen-bond donors (Lipinski definition) is 3. The smallest absolute Gasteiger partial charge is 0.323 e. The van der Waals surface area contributed by atoms with Gasteiger partial charge in [0.1, 0.15) is 6.04 Å². The van der Waals surface area contributed by atoms with Gasteiger partial charge in [0.25, 0.3) is 0 Å². The van der Waals surface area contributed by atoms with Crippen molar-refractivity contribution >= 4 is 5.97 Å². The Balaban J connectivity index is 1.88. The molecule has 2 saturated heterocycles. The summed E-state index contributed by atoms with van der Waals surface area (Å²) < 4.78 is 5.18. The minimum atomic E-state index is -0.832. The molecule has 3 rings (SSSR count). The number of hydrazine groups is 1. The summed E-state index contributed by atoms with van der Waals surface area (Å²) in [6.45, 7) is 1.39. The van der Waals surface area contributed by atoms with Crippen LogP contribution in [-0.2, 0) is 9.53 Å². The van der Waals surface area contributed by atoms with Crippen LogP contribution in [0.2, 0.25) is 0 Å². The van der Waals surface area contributed by atoms with Crippen LogP contribution in [0.4, 0.5) is 0 Å². The molecule has 2 heterocycles. The summed E-state index contributed by atoms with van der Waals surface area (Å²) >= 11 is 0. The largest absolute Gasteiger partial charge is 0.480 e. The van der Waals surface area contributed by atoms with Crippen molar-refractivity contribution in [2.24, 2.45) is 11.3 Å². The van der Waals surface area contributed by atoms with Gasteiger partial charge in [-0.3, -0.25) is 4.79 Å². The van der Waals surface area contributed by atoms with Gasteiger partial charge in [-0.2, -0.15) is 0 Å². The van der Waals surface area contributed by atoms with Gasteiger partial charge in [0.15, 0.2) is 0 Å². The molecule has 3 N–H and O–H groups in total. The van der Waals surface area contributed by atoms with Gasteiger partial charge in [-0.05, 0) is 6.08 Å². The Labute approximate surface area is 86.8 Å². The maximum atomic E-state index is 10.9. The molecule has 2 aliphatic heterocycles. The number of hydrogen-bond acceptors (Lipinski definition) is 4. The summed E-state index contributed by atoms with van der Waals surface area (Å²) in [5.41, 5.74) is 6.67. The lowest BCUT2D eigenvalue weighted by atomic mass is 9.77. The molecule has 0 aromatic rings. The van der Waals surface area contributed by atoms with Crippen LogP contribution in [-0.4, -0.2) is 30.3 Å². The van der Waals surface area contributed by atoms with Crippen LogP contribution in [0.25, 0.3) is 0 Å². The average molecular weight is 208 g/mol. The Hall–Kier alpha value is -1.33. The molecular formula is C10H12N2O3. The lowest BCUT2D eigenvalue weighted by Crippen LogP contribution is -2.42. The highest BCUT2D eigenvalue weighted by Gasteiger charge is 2.43. The normalized spacial score (nSPS) is 35.3. The van der Waals surface area contributed by atoms with Crippen LogP contribution in [0.3, 0.4) is 0 Å². The van der Waals surface area contributed by atoms with Crippen molar-refractivity contribution < 1.29 is 14.6 Å². The molecule has 0 saturated carbocycles. The van der Waals surface area contributed by atoms with Crippen LogP contribution in [0, 0.1) is 11.3 Å². The standard InChI is InChI=1S/C10H12N2O3/c13-9(14)8-6-1-2-10(4-15-5-10)3-7(6)11-12-8/h1-3,6,8,11-12H,4-5H2,(H,13,14). The summed E-state index contributed by atoms with van der Waals surface area (Å²) in [6, 6.07) is -0.564. The van der Waals surface area contributed by atoms with Crippen LogP contribution in [0.15, 0.2) is 23.9 Å². The van der Waals surface area contributed by atoms with Gasteiger partial charge in [-0.25, -0.2) is 5.43 Å². The third-order valence-corrected chi connectivity index (χ3v) is 3.18. The van der Waals surface area contributed by atoms with Crippen LogP contribution in [0.5, 0.6) is 0 Å². The fourth-order valence-corrected chi connectivity index (χ4v) is 2.25. The zero-order valence-electron chi connectivity index (χ0n) is 8.06. The molecule has 2 unspecified atom stereocenters. The van der Waals surface area contributed by atoms with Crippen LogP contribution < -0.4 is 10.9 Å². The van der Waals surface area contributed by atoms with E-state index in [1.54, 1.807) is 0 Å². The van der Waals surface area contributed by atoms with E-state index in [0.717, 1.165) is 5.70 Å². The Kier molecular flexibility index (Phi) is 1.69. The van der Waals surface area contributed by atoms with E-state index in [0.29, 0.717) is 13.2 Å². The lowest BCUT2D eigenvalue weighted by molar-refractivity contribution is -0.139. The first kappa shape index (κ1) is 8.94. The maximum absolute atomic E-state index is 10.9. The predicted octanol–water partition coefficient (Wildman–Crippen LogP) is -0.366. The van der Waals surface area contributed by atoms with E-state index in [1.165, 1.54) is 0 Å². The third-order valence-electron chi connectivity index (χ3n) is 3.18. The Morgan fingerprint density at radius 3 is 3.00 bits per heavy atom. The topological polar surface area (TPSA) is 70.6 Å². The molecule has 1 aliphatic carbocycles. The van der Waals surface area contributed by atoms with Crippen molar-refractivity contribution in [3.8, 4) is 0 Å². The SMILES string of the molecule is O=C(O)C1NNC2=CC3(C=CC21)COC3. The summed E-state index contributed by atoms with van der Waals surface area (Å²) in [4.78, 5) is 10.9. The molecule has 5 nitrogen and oxygen atoms in total. The molecular weight excluding hydrogens is 196 g/mol. The van der Waals surface area contributed by atoms with Gasteiger partial charge in [0.05, 0.1) is 18.6 Å². The Morgan fingerprint density at radius 2 is 2.40 bits per heavy atom. The molecule has 3 aliphatic rings. The third kappa shape index (κ3) is 1.20. The molecule has 2 atom stereocenters. The zero-order chi connectivity index (χ0) is 10.5.